The number of halogens is 4. The molecule has 4 rings (SSSR count). The second-order valence-electron chi connectivity index (χ2n) is 8.52. The predicted molar refractivity (Wildman–Crippen MR) is 113 cm³/mol. The van der Waals surface area contributed by atoms with E-state index in [-0.39, 0.29) is 44.7 Å². The third-order valence-corrected chi connectivity index (χ3v) is 8.72. The molecule has 2 aliphatic carbocycles. The number of anilines is 1. The number of benzene rings is 2. The first-order chi connectivity index (χ1) is 15.0. The minimum absolute atomic E-state index is 0.0383. The van der Waals surface area contributed by atoms with Crippen LogP contribution in [0, 0.1) is 35.2 Å². The zero-order valence-electron chi connectivity index (χ0n) is 16.8. The van der Waals surface area contributed by atoms with Crippen molar-refractivity contribution in [3.63, 3.8) is 0 Å². The number of aliphatic hydroxyl groups excluding tert-OH is 1. The van der Waals surface area contributed by atoms with E-state index in [1.807, 2.05) is 0 Å². The van der Waals surface area contributed by atoms with Gasteiger partial charge in [-0.25, -0.2) is 21.6 Å². The molecule has 2 saturated carbocycles. The van der Waals surface area contributed by atoms with Gasteiger partial charge in [0.25, 0.3) is 5.91 Å². The maximum absolute atomic E-state index is 13.4. The molecule has 2 unspecified atom stereocenters. The highest BCUT2D eigenvalue weighted by atomic mass is 35.5. The van der Waals surface area contributed by atoms with Gasteiger partial charge in [-0.15, -0.1) is 0 Å². The van der Waals surface area contributed by atoms with E-state index in [1.165, 1.54) is 12.1 Å². The zero-order chi connectivity index (χ0) is 23.2. The summed E-state index contributed by atoms with van der Waals surface area (Å²) in [7, 11) is -3.84. The van der Waals surface area contributed by atoms with Gasteiger partial charge in [0.1, 0.15) is 0 Å². The number of amides is 1. The Morgan fingerprint density at radius 1 is 1.06 bits per heavy atom. The van der Waals surface area contributed by atoms with Gasteiger partial charge >= 0.3 is 0 Å². The summed E-state index contributed by atoms with van der Waals surface area (Å²) in [5.74, 6) is -5.37. The van der Waals surface area contributed by atoms with Crippen LogP contribution in [0.4, 0.5) is 18.9 Å². The Bertz CT molecular complexity index is 1140. The molecule has 0 radical (unpaired) electrons. The quantitative estimate of drug-likeness (QED) is 0.605. The molecule has 2 N–H and O–H groups in total. The van der Waals surface area contributed by atoms with Gasteiger partial charge in [-0.05, 0) is 61.6 Å². The first kappa shape index (κ1) is 23.1. The maximum atomic E-state index is 13.4. The van der Waals surface area contributed by atoms with Crippen LogP contribution in [0.3, 0.4) is 0 Å². The van der Waals surface area contributed by atoms with Crippen molar-refractivity contribution in [1.29, 1.82) is 0 Å². The normalized spacial score (nSPS) is 25.0. The lowest BCUT2D eigenvalue weighted by Gasteiger charge is -2.32. The van der Waals surface area contributed by atoms with E-state index < -0.39 is 39.3 Å². The van der Waals surface area contributed by atoms with Crippen LogP contribution < -0.4 is 5.32 Å². The molecule has 2 bridgehead atoms. The highest BCUT2D eigenvalue weighted by molar-refractivity contribution is 7.91. The Kier molecular flexibility index (Phi) is 6.26. The lowest BCUT2D eigenvalue weighted by molar-refractivity contribution is 0.0683. The number of hydrogen-bond donors (Lipinski definition) is 2. The Hall–Kier alpha value is -2.10. The summed E-state index contributed by atoms with van der Waals surface area (Å²) >= 11 is 6.14. The maximum Gasteiger partial charge on any atom is 0.255 e. The lowest BCUT2D eigenvalue weighted by Crippen LogP contribution is -2.33. The smallest absolute Gasteiger partial charge is 0.255 e. The second kappa shape index (κ2) is 8.68. The Morgan fingerprint density at radius 3 is 2.25 bits per heavy atom. The third-order valence-electron chi connectivity index (χ3n) is 6.45. The molecule has 2 atom stereocenters. The minimum Gasteiger partial charge on any atom is -0.393 e. The zero-order valence-corrected chi connectivity index (χ0v) is 18.4. The first-order valence-corrected chi connectivity index (χ1v) is 12.2. The van der Waals surface area contributed by atoms with Gasteiger partial charge in [0, 0.05) is 23.4 Å². The van der Waals surface area contributed by atoms with E-state index >= 15 is 0 Å². The standard InChI is InChI=1S/C22H21ClF3NO4S/c23-17-4-3-13(22(29)27-14-8-18(24)21(26)19(25)9-14)7-20(17)32(30,31)10-16-11-1-2-12(16)6-15(28)5-11/h3-4,7-9,11-12,15-16,28H,1-2,5-6,10H2,(H,27,29)/t11?,12?,15-,16-. The summed E-state index contributed by atoms with van der Waals surface area (Å²) in [6, 6.07) is 4.93. The van der Waals surface area contributed by atoms with Crippen LogP contribution >= 0.6 is 11.6 Å². The number of aliphatic hydroxyl groups is 1. The molecule has 0 aliphatic heterocycles. The van der Waals surface area contributed by atoms with Gasteiger partial charge in [-0.1, -0.05) is 11.6 Å². The van der Waals surface area contributed by atoms with E-state index in [0.717, 1.165) is 18.9 Å². The molecule has 172 valence electrons. The summed E-state index contributed by atoms with van der Waals surface area (Å²) in [6.45, 7) is 0. The second-order valence-corrected chi connectivity index (χ2v) is 10.9. The average Bonchev–Trinajstić information content (AvgIpc) is 2.94. The molecule has 2 aromatic rings. The van der Waals surface area contributed by atoms with Gasteiger partial charge in [0.15, 0.2) is 27.3 Å². The van der Waals surface area contributed by atoms with Crippen LogP contribution in [0.15, 0.2) is 35.2 Å². The number of fused-ring (bicyclic) bond motifs is 2. The molecule has 5 nitrogen and oxygen atoms in total. The van der Waals surface area contributed by atoms with Crippen molar-refractivity contribution < 1.29 is 31.5 Å². The van der Waals surface area contributed by atoms with Crippen molar-refractivity contribution >= 4 is 33.0 Å². The number of nitrogens with one attached hydrogen (secondary N) is 1. The Morgan fingerprint density at radius 2 is 1.66 bits per heavy atom. The number of rotatable bonds is 5. The van der Waals surface area contributed by atoms with Gasteiger partial charge in [-0.3, -0.25) is 4.79 Å². The predicted octanol–water partition coefficient (Wildman–Crippen LogP) is 4.58. The highest BCUT2D eigenvalue weighted by Crippen LogP contribution is 2.48. The molecule has 0 aromatic heterocycles. The van der Waals surface area contributed by atoms with E-state index in [4.69, 9.17) is 11.6 Å². The Labute approximate surface area is 188 Å². The molecule has 2 aromatic carbocycles. The molecule has 2 aliphatic rings. The monoisotopic (exact) mass is 487 g/mol. The number of carbonyl (C=O) groups is 1. The van der Waals surface area contributed by atoms with Gasteiger partial charge in [-0.2, -0.15) is 0 Å². The lowest BCUT2D eigenvalue weighted by atomic mass is 9.78. The molecule has 32 heavy (non-hydrogen) atoms. The van der Waals surface area contributed by atoms with E-state index in [1.54, 1.807) is 0 Å². The molecular weight excluding hydrogens is 467 g/mol. The largest absolute Gasteiger partial charge is 0.393 e. The SMILES string of the molecule is O=C(Nc1cc(F)c(F)c(F)c1)c1ccc(Cl)c(S(=O)(=O)C[C@H]2C3CCC2C[C@@H](O)C3)c1. The van der Waals surface area contributed by atoms with Crippen LogP contribution in [0.2, 0.25) is 5.02 Å². The van der Waals surface area contributed by atoms with Gasteiger partial charge in [0.05, 0.1) is 21.8 Å². The van der Waals surface area contributed by atoms with Crippen LogP contribution in [0.1, 0.15) is 36.0 Å². The Balaban J connectivity index is 1.56. The summed E-state index contributed by atoms with van der Waals surface area (Å²) in [5, 5.41) is 12.1. The fourth-order valence-corrected chi connectivity index (χ4v) is 7.32. The van der Waals surface area contributed by atoms with E-state index in [9.17, 15) is 31.5 Å². The molecule has 10 heteroatoms. The van der Waals surface area contributed by atoms with Crippen LogP contribution in [0.25, 0.3) is 0 Å². The highest BCUT2D eigenvalue weighted by Gasteiger charge is 2.44. The summed E-state index contributed by atoms with van der Waals surface area (Å²) in [6.07, 6.45) is 2.52. The topological polar surface area (TPSA) is 83.5 Å². The molecule has 0 heterocycles. The van der Waals surface area contributed by atoms with Gasteiger partial charge in [0.2, 0.25) is 0 Å². The van der Waals surface area contributed by atoms with E-state index in [2.05, 4.69) is 5.32 Å². The fourth-order valence-electron chi connectivity index (χ4n) is 4.95. The average molecular weight is 488 g/mol. The van der Waals surface area contributed by atoms with Crippen molar-refractivity contribution in [2.75, 3.05) is 11.1 Å². The van der Waals surface area contributed by atoms with Crippen molar-refractivity contribution in [2.24, 2.45) is 17.8 Å². The fraction of sp³-hybridized carbons (Fsp3) is 0.409. The summed E-state index contributed by atoms with van der Waals surface area (Å²) in [4.78, 5) is 12.3. The van der Waals surface area contributed by atoms with E-state index in [0.29, 0.717) is 25.0 Å². The molecular formula is C22H21ClF3NO4S. The number of hydrogen-bond acceptors (Lipinski definition) is 4. The van der Waals surface area contributed by atoms with Crippen LogP contribution in [-0.4, -0.2) is 31.3 Å². The summed E-state index contributed by atoms with van der Waals surface area (Å²) in [5.41, 5.74) is -0.400. The first-order valence-electron chi connectivity index (χ1n) is 10.2. The van der Waals surface area contributed by atoms with Crippen LogP contribution in [0.5, 0.6) is 0 Å². The van der Waals surface area contributed by atoms with Crippen molar-refractivity contribution in [2.45, 2.75) is 36.7 Å². The third kappa shape index (κ3) is 4.51. The number of carbonyl (C=O) groups excluding carboxylic acids is 1. The van der Waals surface area contributed by atoms with Gasteiger partial charge < -0.3 is 10.4 Å². The summed E-state index contributed by atoms with van der Waals surface area (Å²) < 4.78 is 66.2. The molecule has 0 spiro atoms. The minimum atomic E-state index is -3.84. The number of sulfone groups is 1. The molecule has 2 fully saturated rings. The van der Waals surface area contributed by atoms with Crippen molar-refractivity contribution in [3.8, 4) is 0 Å². The molecule has 1 amide bonds. The van der Waals surface area contributed by atoms with Crippen molar-refractivity contribution in [1.82, 2.24) is 0 Å². The van der Waals surface area contributed by atoms with Crippen molar-refractivity contribution in [3.05, 3.63) is 58.4 Å². The molecule has 0 saturated heterocycles. The van der Waals surface area contributed by atoms with Crippen LogP contribution in [-0.2, 0) is 9.84 Å².